The van der Waals surface area contributed by atoms with E-state index in [0.29, 0.717) is 17.1 Å². The number of aliphatic hydroxyl groups is 2. The minimum atomic E-state index is -1.39. The Morgan fingerprint density at radius 3 is 2.57 bits per heavy atom. The molecule has 9 heteroatoms. The number of nitrogens with one attached hydrogen (secondary N) is 1. The Kier molecular flexibility index (Phi) is 9.54. The molecule has 0 bridgehead atoms. The molecule has 1 unspecified atom stereocenters. The van der Waals surface area contributed by atoms with Crippen LogP contribution in [0.15, 0.2) is 48.5 Å². The molecule has 1 aliphatic heterocycles. The number of amides is 1. The molecule has 198 valence electrons. The average Bonchev–Trinajstić information content (AvgIpc) is 3.42. The predicted octanol–water partition coefficient (Wildman–Crippen LogP) is 2.78. The molecule has 2 aromatic rings. The van der Waals surface area contributed by atoms with Crippen LogP contribution in [0.5, 0.6) is 0 Å². The SMILES string of the molecule is N#Cc1ccc(CO[C@]2(C(=O)NCCN3CCCC3)CC(OCc3cccc(Cl)c3)[C@H](O)[C@H](O)C2)cc1. The highest BCUT2D eigenvalue weighted by Gasteiger charge is 2.51. The molecule has 2 aromatic carbocycles. The van der Waals surface area contributed by atoms with E-state index in [1.807, 2.05) is 12.1 Å². The van der Waals surface area contributed by atoms with Gasteiger partial charge in [0.1, 0.15) is 6.10 Å². The van der Waals surface area contributed by atoms with Gasteiger partial charge in [-0.2, -0.15) is 5.26 Å². The maximum absolute atomic E-state index is 13.6. The third kappa shape index (κ3) is 7.29. The summed E-state index contributed by atoms with van der Waals surface area (Å²) in [7, 11) is 0. The molecule has 1 saturated heterocycles. The lowest BCUT2D eigenvalue weighted by atomic mass is 9.78. The standard InChI is InChI=1S/C28H34ClN3O5/c29-23-5-3-4-22(14-23)18-36-25-16-28(15-24(33)26(25)34,27(35)31-10-13-32-11-1-2-12-32)37-19-21-8-6-20(17-30)7-9-21/h3-9,14,24-26,33-34H,1-2,10-13,15-16,18-19H2,(H,31,35)/t24-,25?,26-,28+/m1/s1. The monoisotopic (exact) mass is 527 g/mol. The number of carbonyl (C=O) groups is 1. The summed E-state index contributed by atoms with van der Waals surface area (Å²) >= 11 is 6.08. The Hall–Kier alpha value is -2.51. The van der Waals surface area contributed by atoms with Crippen LogP contribution in [0.2, 0.25) is 5.02 Å². The fourth-order valence-electron chi connectivity index (χ4n) is 4.98. The van der Waals surface area contributed by atoms with Crippen molar-refractivity contribution in [2.75, 3.05) is 26.2 Å². The second-order valence-corrected chi connectivity index (χ2v) is 10.3. The topological polar surface area (TPSA) is 115 Å². The van der Waals surface area contributed by atoms with Gasteiger partial charge in [0.2, 0.25) is 0 Å². The first-order valence-electron chi connectivity index (χ1n) is 12.7. The highest BCUT2D eigenvalue weighted by molar-refractivity contribution is 6.30. The fourth-order valence-corrected chi connectivity index (χ4v) is 5.20. The molecule has 4 atom stereocenters. The molecule has 2 fully saturated rings. The number of aliphatic hydroxyl groups excluding tert-OH is 2. The molecule has 1 saturated carbocycles. The lowest BCUT2D eigenvalue weighted by molar-refractivity contribution is -0.200. The lowest BCUT2D eigenvalue weighted by Gasteiger charge is -2.44. The molecule has 1 aliphatic carbocycles. The van der Waals surface area contributed by atoms with Gasteiger partial charge in [0, 0.05) is 31.0 Å². The number of carbonyl (C=O) groups excluding carboxylic acids is 1. The van der Waals surface area contributed by atoms with Gasteiger partial charge in [-0.25, -0.2) is 0 Å². The second kappa shape index (κ2) is 12.8. The van der Waals surface area contributed by atoms with E-state index in [9.17, 15) is 15.0 Å². The van der Waals surface area contributed by atoms with Crippen LogP contribution in [0, 0.1) is 11.3 Å². The molecule has 4 rings (SSSR count). The normalized spacial score (nSPS) is 26.1. The molecule has 0 spiro atoms. The first-order chi connectivity index (χ1) is 17.9. The number of nitrogens with zero attached hydrogens (tertiary/aromatic N) is 2. The van der Waals surface area contributed by atoms with Crippen LogP contribution in [0.25, 0.3) is 0 Å². The largest absolute Gasteiger partial charge is 0.390 e. The van der Waals surface area contributed by atoms with E-state index in [4.69, 9.17) is 26.3 Å². The zero-order chi connectivity index (χ0) is 26.3. The smallest absolute Gasteiger partial charge is 0.252 e. The first kappa shape index (κ1) is 27.5. The maximum Gasteiger partial charge on any atom is 0.252 e. The van der Waals surface area contributed by atoms with E-state index in [-0.39, 0.29) is 32.0 Å². The van der Waals surface area contributed by atoms with Crippen LogP contribution in [0.1, 0.15) is 42.4 Å². The van der Waals surface area contributed by atoms with Gasteiger partial charge < -0.3 is 29.9 Å². The Bertz CT molecular complexity index is 1090. The summed E-state index contributed by atoms with van der Waals surface area (Å²) < 4.78 is 12.3. The molecule has 2 aliphatic rings. The molecule has 0 aromatic heterocycles. The van der Waals surface area contributed by atoms with Gasteiger partial charge in [-0.3, -0.25) is 4.79 Å². The molecule has 1 amide bonds. The zero-order valence-corrected chi connectivity index (χ0v) is 21.6. The Morgan fingerprint density at radius 2 is 1.86 bits per heavy atom. The lowest BCUT2D eigenvalue weighted by Crippen LogP contribution is -2.61. The number of halogens is 1. The summed E-state index contributed by atoms with van der Waals surface area (Å²) in [5.41, 5.74) is 0.749. The van der Waals surface area contributed by atoms with Crippen LogP contribution >= 0.6 is 11.6 Å². The molecule has 8 nitrogen and oxygen atoms in total. The van der Waals surface area contributed by atoms with E-state index >= 15 is 0 Å². The summed E-state index contributed by atoms with van der Waals surface area (Å²) in [6.07, 6.45) is -0.836. The van der Waals surface area contributed by atoms with E-state index in [2.05, 4.69) is 16.3 Å². The minimum absolute atomic E-state index is 0.0585. The van der Waals surface area contributed by atoms with Crippen LogP contribution in [-0.2, 0) is 27.5 Å². The highest BCUT2D eigenvalue weighted by atomic mass is 35.5. The summed E-state index contributed by atoms with van der Waals surface area (Å²) in [5, 5.41) is 34.1. The Balaban J connectivity index is 1.48. The molecular weight excluding hydrogens is 494 g/mol. The fraction of sp³-hybridized carbons (Fsp3) is 0.500. The first-order valence-corrected chi connectivity index (χ1v) is 13.1. The maximum atomic E-state index is 13.6. The highest BCUT2D eigenvalue weighted by Crippen LogP contribution is 2.36. The second-order valence-electron chi connectivity index (χ2n) is 9.84. The molecular formula is C28H34ClN3O5. The van der Waals surface area contributed by atoms with Crippen molar-refractivity contribution in [3.8, 4) is 6.07 Å². The van der Waals surface area contributed by atoms with E-state index in [1.54, 1.807) is 36.4 Å². The van der Waals surface area contributed by atoms with Crippen molar-refractivity contribution in [1.29, 1.82) is 5.26 Å². The number of benzene rings is 2. The molecule has 3 N–H and O–H groups in total. The number of hydrogen-bond acceptors (Lipinski definition) is 7. The summed E-state index contributed by atoms with van der Waals surface area (Å²) in [5.74, 6) is -0.331. The van der Waals surface area contributed by atoms with Gasteiger partial charge in [-0.15, -0.1) is 0 Å². The third-order valence-electron chi connectivity index (χ3n) is 7.12. The third-order valence-corrected chi connectivity index (χ3v) is 7.36. The van der Waals surface area contributed by atoms with Crippen molar-refractivity contribution in [2.45, 2.75) is 62.8 Å². The van der Waals surface area contributed by atoms with Gasteiger partial charge in [0.25, 0.3) is 5.91 Å². The van der Waals surface area contributed by atoms with Crippen LogP contribution in [0.4, 0.5) is 0 Å². The number of rotatable bonds is 10. The Labute approximate surface area is 222 Å². The van der Waals surface area contributed by atoms with Crippen molar-refractivity contribution in [2.24, 2.45) is 0 Å². The number of ether oxygens (including phenoxy) is 2. The summed E-state index contributed by atoms with van der Waals surface area (Å²) in [4.78, 5) is 15.9. The zero-order valence-electron chi connectivity index (χ0n) is 20.8. The Morgan fingerprint density at radius 1 is 1.11 bits per heavy atom. The van der Waals surface area contributed by atoms with E-state index in [1.165, 1.54) is 12.8 Å². The van der Waals surface area contributed by atoms with Gasteiger partial charge in [0.05, 0.1) is 37.1 Å². The quantitative estimate of drug-likeness (QED) is 0.435. The van der Waals surface area contributed by atoms with Crippen LogP contribution < -0.4 is 5.32 Å². The van der Waals surface area contributed by atoms with Crippen molar-refractivity contribution in [1.82, 2.24) is 10.2 Å². The number of nitriles is 1. The van der Waals surface area contributed by atoms with Crippen LogP contribution in [-0.4, -0.2) is 71.1 Å². The van der Waals surface area contributed by atoms with Gasteiger partial charge in [-0.05, 0) is 61.3 Å². The van der Waals surface area contributed by atoms with Crippen molar-refractivity contribution >= 4 is 17.5 Å². The summed E-state index contributed by atoms with van der Waals surface area (Å²) in [6.45, 7) is 3.54. The summed E-state index contributed by atoms with van der Waals surface area (Å²) in [6, 6.07) is 16.2. The van der Waals surface area contributed by atoms with Gasteiger partial charge >= 0.3 is 0 Å². The minimum Gasteiger partial charge on any atom is -0.390 e. The average molecular weight is 528 g/mol. The van der Waals surface area contributed by atoms with Gasteiger partial charge in [0.15, 0.2) is 5.60 Å². The molecule has 37 heavy (non-hydrogen) atoms. The number of hydrogen-bond donors (Lipinski definition) is 3. The van der Waals surface area contributed by atoms with Gasteiger partial charge in [-0.1, -0.05) is 35.9 Å². The van der Waals surface area contributed by atoms with E-state index < -0.39 is 23.9 Å². The predicted molar refractivity (Wildman–Crippen MR) is 139 cm³/mol. The molecule has 0 radical (unpaired) electrons. The van der Waals surface area contributed by atoms with Crippen molar-refractivity contribution in [3.63, 3.8) is 0 Å². The molecule has 1 heterocycles. The number of likely N-dealkylation sites (tertiary alicyclic amines) is 1. The van der Waals surface area contributed by atoms with Crippen molar-refractivity contribution in [3.05, 3.63) is 70.2 Å². The van der Waals surface area contributed by atoms with Crippen molar-refractivity contribution < 1.29 is 24.5 Å². The van der Waals surface area contributed by atoms with E-state index in [0.717, 1.165) is 30.8 Å². The van der Waals surface area contributed by atoms with Crippen LogP contribution in [0.3, 0.4) is 0 Å².